The minimum atomic E-state index is -3.67. The Kier molecular flexibility index (Phi) is 5.14. The zero-order valence-corrected chi connectivity index (χ0v) is 14.3. The van der Waals surface area contributed by atoms with Crippen LogP contribution in [0, 0.1) is 0 Å². The van der Waals surface area contributed by atoms with Gasteiger partial charge in [0.25, 0.3) is 15.9 Å². The predicted molar refractivity (Wildman–Crippen MR) is 97.5 cm³/mol. The molecule has 132 valence electrons. The molecule has 0 saturated heterocycles. The van der Waals surface area contributed by atoms with Crippen LogP contribution in [0.3, 0.4) is 0 Å². The van der Waals surface area contributed by atoms with Gasteiger partial charge in [-0.05, 0) is 48.5 Å². The van der Waals surface area contributed by atoms with Crippen molar-refractivity contribution in [1.29, 1.82) is 0 Å². The fourth-order valence-electron chi connectivity index (χ4n) is 2.09. The molecule has 0 atom stereocenters. The SMILES string of the molecule is O=C(N/N=C\c1ccco1)c1ccc(NS(=O)(=O)c2ccccc2)cc1. The van der Waals surface area contributed by atoms with E-state index in [9.17, 15) is 13.2 Å². The summed E-state index contributed by atoms with van der Waals surface area (Å²) in [6.45, 7) is 0. The van der Waals surface area contributed by atoms with Gasteiger partial charge in [-0.15, -0.1) is 0 Å². The number of anilines is 1. The van der Waals surface area contributed by atoms with Gasteiger partial charge in [-0.3, -0.25) is 9.52 Å². The number of furan rings is 1. The summed E-state index contributed by atoms with van der Waals surface area (Å²) < 4.78 is 32.0. The van der Waals surface area contributed by atoms with Crippen molar-refractivity contribution in [2.45, 2.75) is 4.90 Å². The van der Waals surface area contributed by atoms with Crippen LogP contribution < -0.4 is 10.1 Å². The Morgan fingerprint density at radius 2 is 1.69 bits per heavy atom. The Bertz CT molecular complexity index is 996. The number of carbonyl (C=O) groups is 1. The number of nitrogens with zero attached hydrogens (tertiary/aromatic N) is 1. The first kappa shape index (κ1) is 17.4. The molecule has 2 N–H and O–H groups in total. The van der Waals surface area contributed by atoms with Crippen LogP contribution in [0.5, 0.6) is 0 Å². The van der Waals surface area contributed by atoms with E-state index in [1.165, 1.54) is 48.9 Å². The number of carbonyl (C=O) groups excluding carboxylic acids is 1. The van der Waals surface area contributed by atoms with Crippen molar-refractivity contribution in [1.82, 2.24) is 5.43 Å². The van der Waals surface area contributed by atoms with Crippen molar-refractivity contribution < 1.29 is 17.6 Å². The van der Waals surface area contributed by atoms with Gasteiger partial charge in [0.2, 0.25) is 0 Å². The first-order chi connectivity index (χ1) is 12.5. The monoisotopic (exact) mass is 369 g/mol. The highest BCUT2D eigenvalue weighted by Gasteiger charge is 2.13. The summed E-state index contributed by atoms with van der Waals surface area (Å²) in [4.78, 5) is 12.2. The van der Waals surface area contributed by atoms with Crippen LogP contribution in [0.25, 0.3) is 0 Å². The minimum absolute atomic E-state index is 0.161. The average molecular weight is 369 g/mol. The lowest BCUT2D eigenvalue weighted by Gasteiger charge is -2.08. The van der Waals surface area contributed by atoms with Gasteiger partial charge in [-0.1, -0.05) is 18.2 Å². The summed E-state index contributed by atoms with van der Waals surface area (Å²) in [7, 11) is -3.67. The molecule has 0 aliphatic rings. The van der Waals surface area contributed by atoms with Gasteiger partial charge in [0.05, 0.1) is 17.4 Å². The van der Waals surface area contributed by atoms with Crippen molar-refractivity contribution in [3.63, 3.8) is 0 Å². The summed E-state index contributed by atoms with van der Waals surface area (Å²) in [6.07, 6.45) is 2.87. The third-order valence-corrected chi connectivity index (χ3v) is 4.75. The van der Waals surface area contributed by atoms with E-state index >= 15 is 0 Å². The molecule has 3 rings (SSSR count). The molecule has 0 saturated carbocycles. The minimum Gasteiger partial charge on any atom is -0.463 e. The Morgan fingerprint density at radius 1 is 0.962 bits per heavy atom. The van der Waals surface area contributed by atoms with E-state index in [-0.39, 0.29) is 4.90 Å². The summed E-state index contributed by atoms with van der Waals surface area (Å²) in [6, 6.07) is 17.4. The fourth-order valence-corrected chi connectivity index (χ4v) is 3.17. The van der Waals surface area contributed by atoms with E-state index in [2.05, 4.69) is 15.2 Å². The van der Waals surface area contributed by atoms with Crippen molar-refractivity contribution in [2.75, 3.05) is 4.72 Å². The van der Waals surface area contributed by atoms with Crippen LogP contribution in [-0.4, -0.2) is 20.5 Å². The Morgan fingerprint density at radius 3 is 2.35 bits per heavy atom. The average Bonchev–Trinajstić information content (AvgIpc) is 3.16. The Balaban J connectivity index is 1.64. The van der Waals surface area contributed by atoms with Gasteiger partial charge >= 0.3 is 0 Å². The maximum absolute atomic E-state index is 12.3. The second kappa shape index (κ2) is 7.66. The predicted octanol–water partition coefficient (Wildman–Crippen LogP) is 2.84. The number of benzene rings is 2. The summed E-state index contributed by atoms with van der Waals surface area (Å²) in [5.41, 5.74) is 3.05. The molecule has 0 aliphatic carbocycles. The molecular formula is C18H15N3O4S. The lowest BCUT2D eigenvalue weighted by Crippen LogP contribution is -2.18. The van der Waals surface area contributed by atoms with E-state index in [0.29, 0.717) is 17.0 Å². The lowest BCUT2D eigenvalue weighted by atomic mass is 10.2. The van der Waals surface area contributed by atoms with Crippen molar-refractivity contribution in [3.05, 3.63) is 84.3 Å². The zero-order valence-electron chi connectivity index (χ0n) is 13.5. The van der Waals surface area contributed by atoms with Crippen LogP contribution in [0.15, 0.2) is 87.4 Å². The zero-order chi connectivity index (χ0) is 18.4. The van der Waals surface area contributed by atoms with Crippen LogP contribution in [0.2, 0.25) is 0 Å². The normalized spacial score (nSPS) is 11.4. The topological polar surface area (TPSA) is 101 Å². The molecule has 2 aromatic carbocycles. The number of hydrogen-bond acceptors (Lipinski definition) is 5. The number of nitrogens with one attached hydrogen (secondary N) is 2. The lowest BCUT2D eigenvalue weighted by molar-refractivity contribution is 0.0955. The first-order valence-electron chi connectivity index (χ1n) is 7.59. The van der Waals surface area contributed by atoms with Gasteiger partial charge < -0.3 is 4.42 Å². The standard InChI is InChI=1S/C18H15N3O4S/c22-18(20-19-13-16-5-4-12-25-16)14-8-10-15(11-9-14)21-26(23,24)17-6-2-1-3-7-17/h1-13,21H,(H,20,22)/b19-13-. The molecule has 0 bridgehead atoms. The van der Waals surface area contributed by atoms with Crippen molar-refractivity contribution >= 4 is 27.8 Å². The molecule has 0 spiro atoms. The summed E-state index contributed by atoms with van der Waals surface area (Å²) >= 11 is 0. The van der Waals surface area contributed by atoms with Gasteiger partial charge in [-0.25, -0.2) is 13.8 Å². The highest BCUT2D eigenvalue weighted by atomic mass is 32.2. The van der Waals surface area contributed by atoms with E-state index < -0.39 is 15.9 Å². The van der Waals surface area contributed by atoms with Crippen molar-refractivity contribution in [3.8, 4) is 0 Å². The summed E-state index contributed by atoms with van der Waals surface area (Å²) in [5, 5.41) is 3.78. The van der Waals surface area contributed by atoms with E-state index in [1.807, 2.05) is 0 Å². The van der Waals surface area contributed by atoms with Crippen LogP contribution in [-0.2, 0) is 10.0 Å². The maximum Gasteiger partial charge on any atom is 0.271 e. The Hall–Kier alpha value is -3.39. The van der Waals surface area contributed by atoms with E-state index in [0.717, 1.165) is 0 Å². The quantitative estimate of drug-likeness (QED) is 0.515. The van der Waals surface area contributed by atoms with Crippen molar-refractivity contribution in [2.24, 2.45) is 5.10 Å². The second-order valence-corrected chi connectivity index (χ2v) is 6.89. The van der Waals surface area contributed by atoms with Crippen LogP contribution >= 0.6 is 0 Å². The van der Waals surface area contributed by atoms with E-state index in [1.54, 1.807) is 30.3 Å². The fraction of sp³-hybridized carbons (Fsp3) is 0. The van der Waals surface area contributed by atoms with Crippen LogP contribution in [0.1, 0.15) is 16.1 Å². The van der Waals surface area contributed by atoms with Gasteiger partial charge in [0, 0.05) is 11.3 Å². The molecule has 0 unspecified atom stereocenters. The highest BCUT2D eigenvalue weighted by Crippen LogP contribution is 2.16. The number of sulfonamides is 1. The number of hydrogen-bond donors (Lipinski definition) is 2. The first-order valence-corrected chi connectivity index (χ1v) is 9.08. The third kappa shape index (κ3) is 4.37. The van der Waals surface area contributed by atoms with Gasteiger partial charge in [0.15, 0.2) is 0 Å². The third-order valence-electron chi connectivity index (χ3n) is 3.35. The second-order valence-electron chi connectivity index (χ2n) is 5.21. The maximum atomic E-state index is 12.3. The molecule has 1 amide bonds. The number of hydrazone groups is 1. The molecule has 7 nitrogen and oxygen atoms in total. The molecule has 1 heterocycles. The highest BCUT2D eigenvalue weighted by molar-refractivity contribution is 7.92. The van der Waals surface area contributed by atoms with Gasteiger partial charge in [0.1, 0.15) is 5.76 Å². The molecule has 0 aliphatic heterocycles. The smallest absolute Gasteiger partial charge is 0.271 e. The van der Waals surface area contributed by atoms with Gasteiger partial charge in [-0.2, -0.15) is 5.10 Å². The molecule has 26 heavy (non-hydrogen) atoms. The number of rotatable bonds is 6. The molecule has 8 heteroatoms. The molecule has 3 aromatic rings. The van der Waals surface area contributed by atoms with Crippen LogP contribution in [0.4, 0.5) is 5.69 Å². The molecule has 0 fully saturated rings. The molecular weight excluding hydrogens is 354 g/mol. The van der Waals surface area contributed by atoms with E-state index in [4.69, 9.17) is 4.42 Å². The Labute approximate surface area is 150 Å². The molecule has 1 aromatic heterocycles. The largest absolute Gasteiger partial charge is 0.463 e. The summed E-state index contributed by atoms with van der Waals surface area (Å²) in [5.74, 6) is 0.0845. The number of amides is 1. The molecule has 0 radical (unpaired) electrons.